The molecule has 1 heterocycles. The van der Waals surface area contributed by atoms with E-state index in [1.165, 1.54) is 22.5 Å². The van der Waals surface area contributed by atoms with Crippen molar-refractivity contribution in [2.75, 3.05) is 29.7 Å². The Hall–Kier alpha value is -1.74. The quantitative estimate of drug-likeness (QED) is 0.823. The molecule has 0 aromatic heterocycles. The average molecular weight is 333 g/mol. The maximum Gasteiger partial charge on any atom is 0.277 e. The van der Waals surface area contributed by atoms with Crippen LogP contribution < -0.4 is 15.4 Å². The standard InChI is InChI=1S/C13H17F2N3O3S/c14-13(15,8-16)9-17-12(19)10-3-1-4-11(7-10)18-5-2-6-22(18,20)21/h1,3-4,7H,2,5-6,8-9,16H2,(H,17,19). The van der Waals surface area contributed by atoms with E-state index in [1.807, 2.05) is 0 Å². The van der Waals surface area contributed by atoms with Gasteiger partial charge < -0.3 is 11.1 Å². The number of anilines is 1. The number of nitrogens with zero attached hydrogens (tertiary/aromatic N) is 1. The molecule has 2 rings (SSSR count). The van der Waals surface area contributed by atoms with E-state index in [1.54, 1.807) is 6.07 Å². The maximum absolute atomic E-state index is 13.0. The van der Waals surface area contributed by atoms with Gasteiger partial charge in [-0.2, -0.15) is 0 Å². The lowest BCUT2D eigenvalue weighted by molar-refractivity contribution is 0.0118. The smallest absolute Gasteiger partial charge is 0.277 e. The molecule has 0 aliphatic carbocycles. The Morgan fingerprint density at radius 3 is 2.73 bits per heavy atom. The molecule has 6 nitrogen and oxygen atoms in total. The van der Waals surface area contributed by atoms with Crippen molar-refractivity contribution in [2.45, 2.75) is 12.3 Å². The minimum Gasteiger partial charge on any atom is -0.346 e. The molecule has 122 valence electrons. The lowest BCUT2D eigenvalue weighted by Gasteiger charge is -2.18. The van der Waals surface area contributed by atoms with Gasteiger partial charge in [0, 0.05) is 12.1 Å². The van der Waals surface area contributed by atoms with Gasteiger partial charge in [-0.3, -0.25) is 9.10 Å². The van der Waals surface area contributed by atoms with Crippen LogP contribution in [0.3, 0.4) is 0 Å². The van der Waals surface area contributed by atoms with Crippen LogP contribution in [-0.4, -0.2) is 45.6 Å². The van der Waals surface area contributed by atoms with Crippen LogP contribution >= 0.6 is 0 Å². The number of amides is 1. The van der Waals surface area contributed by atoms with Crippen LogP contribution in [0.2, 0.25) is 0 Å². The first-order chi connectivity index (χ1) is 10.2. The molecule has 0 spiro atoms. The second kappa shape index (κ2) is 6.17. The lowest BCUT2D eigenvalue weighted by Crippen LogP contribution is -2.41. The Morgan fingerprint density at radius 1 is 1.41 bits per heavy atom. The number of carbonyl (C=O) groups is 1. The van der Waals surface area contributed by atoms with Gasteiger partial charge in [0.15, 0.2) is 0 Å². The zero-order valence-corrected chi connectivity index (χ0v) is 12.6. The zero-order valence-electron chi connectivity index (χ0n) is 11.8. The molecule has 0 atom stereocenters. The predicted octanol–water partition coefficient (Wildman–Crippen LogP) is 0.550. The average Bonchev–Trinajstić information content (AvgIpc) is 2.84. The van der Waals surface area contributed by atoms with Crippen LogP contribution in [0.15, 0.2) is 24.3 Å². The number of alkyl halides is 2. The molecule has 1 saturated heterocycles. The molecular weight excluding hydrogens is 316 g/mol. The molecule has 9 heteroatoms. The first kappa shape index (κ1) is 16.6. The molecule has 1 aliphatic rings. The van der Waals surface area contributed by atoms with Gasteiger partial charge in [-0.1, -0.05) is 6.07 Å². The highest BCUT2D eigenvalue weighted by atomic mass is 32.2. The van der Waals surface area contributed by atoms with E-state index in [9.17, 15) is 22.0 Å². The third-order valence-corrected chi connectivity index (χ3v) is 5.17. The SMILES string of the molecule is NCC(F)(F)CNC(=O)c1cccc(N2CCCS2(=O)=O)c1. The summed E-state index contributed by atoms with van der Waals surface area (Å²) >= 11 is 0. The Kier molecular flexibility index (Phi) is 4.66. The van der Waals surface area contributed by atoms with Crippen molar-refractivity contribution in [3.63, 3.8) is 0 Å². The summed E-state index contributed by atoms with van der Waals surface area (Å²) in [5.41, 5.74) is 5.37. The lowest BCUT2D eigenvalue weighted by atomic mass is 10.2. The number of hydrogen-bond acceptors (Lipinski definition) is 4. The van der Waals surface area contributed by atoms with Crippen LogP contribution in [0, 0.1) is 0 Å². The van der Waals surface area contributed by atoms with Crippen LogP contribution in [-0.2, 0) is 10.0 Å². The second-order valence-electron chi connectivity index (χ2n) is 5.03. The summed E-state index contributed by atoms with van der Waals surface area (Å²) < 4.78 is 51.0. The molecule has 1 aromatic rings. The number of nitrogens with one attached hydrogen (secondary N) is 1. The van der Waals surface area contributed by atoms with Gasteiger partial charge in [-0.05, 0) is 24.6 Å². The van der Waals surface area contributed by atoms with Gasteiger partial charge in [0.25, 0.3) is 11.8 Å². The highest BCUT2D eigenvalue weighted by Gasteiger charge is 2.29. The number of nitrogens with two attached hydrogens (primary N) is 1. The van der Waals surface area contributed by atoms with Crippen LogP contribution in [0.5, 0.6) is 0 Å². The van der Waals surface area contributed by atoms with E-state index >= 15 is 0 Å². The normalized spacial score (nSPS) is 17.5. The number of benzene rings is 1. The van der Waals surface area contributed by atoms with Crippen molar-refractivity contribution in [3.05, 3.63) is 29.8 Å². The van der Waals surface area contributed by atoms with Crippen molar-refractivity contribution < 1.29 is 22.0 Å². The van der Waals surface area contributed by atoms with Crippen molar-refractivity contribution >= 4 is 21.6 Å². The molecule has 3 N–H and O–H groups in total. The number of carbonyl (C=O) groups excluding carboxylic acids is 1. The summed E-state index contributed by atoms with van der Waals surface area (Å²) in [6, 6.07) is 5.88. The molecule has 22 heavy (non-hydrogen) atoms. The third-order valence-electron chi connectivity index (χ3n) is 3.30. The molecule has 1 aromatic carbocycles. The number of sulfonamides is 1. The summed E-state index contributed by atoms with van der Waals surface area (Å²) in [7, 11) is -3.36. The first-order valence-corrected chi connectivity index (χ1v) is 8.33. The van der Waals surface area contributed by atoms with Crippen molar-refractivity contribution in [1.82, 2.24) is 5.32 Å². The fourth-order valence-electron chi connectivity index (χ4n) is 2.12. The molecule has 0 bridgehead atoms. The molecule has 1 fully saturated rings. The fraction of sp³-hybridized carbons (Fsp3) is 0.462. The van der Waals surface area contributed by atoms with Gasteiger partial charge in [-0.15, -0.1) is 0 Å². The number of halogens is 2. The van der Waals surface area contributed by atoms with E-state index in [0.29, 0.717) is 18.7 Å². The molecule has 0 radical (unpaired) electrons. The van der Waals surface area contributed by atoms with Crippen LogP contribution in [0.4, 0.5) is 14.5 Å². The van der Waals surface area contributed by atoms with E-state index in [0.717, 1.165) is 0 Å². The topological polar surface area (TPSA) is 92.5 Å². The Morgan fingerprint density at radius 2 is 2.14 bits per heavy atom. The number of rotatable bonds is 5. The van der Waals surface area contributed by atoms with Gasteiger partial charge in [0.2, 0.25) is 10.0 Å². The minimum atomic E-state index is -3.36. The van der Waals surface area contributed by atoms with E-state index < -0.39 is 34.9 Å². The Labute approximate surface area is 127 Å². The van der Waals surface area contributed by atoms with Gasteiger partial charge in [0.05, 0.1) is 24.5 Å². The van der Waals surface area contributed by atoms with Crippen LogP contribution in [0.25, 0.3) is 0 Å². The third kappa shape index (κ3) is 3.72. The molecule has 0 unspecified atom stereocenters. The van der Waals surface area contributed by atoms with E-state index in [2.05, 4.69) is 5.32 Å². The second-order valence-corrected chi connectivity index (χ2v) is 7.05. The molecule has 1 amide bonds. The monoisotopic (exact) mass is 333 g/mol. The largest absolute Gasteiger partial charge is 0.346 e. The fourth-order valence-corrected chi connectivity index (χ4v) is 3.67. The van der Waals surface area contributed by atoms with Crippen molar-refractivity contribution in [1.29, 1.82) is 0 Å². The van der Waals surface area contributed by atoms with Crippen molar-refractivity contribution in [2.24, 2.45) is 5.73 Å². The molecular formula is C13H17F2N3O3S. The van der Waals surface area contributed by atoms with Crippen molar-refractivity contribution in [3.8, 4) is 0 Å². The Balaban J connectivity index is 2.13. The first-order valence-electron chi connectivity index (χ1n) is 6.72. The van der Waals surface area contributed by atoms with Gasteiger partial charge >= 0.3 is 0 Å². The highest BCUT2D eigenvalue weighted by Crippen LogP contribution is 2.24. The van der Waals surface area contributed by atoms with Gasteiger partial charge in [0.1, 0.15) is 0 Å². The minimum absolute atomic E-state index is 0.0617. The maximum atomic E-state index is 13.0. The molecule has 1 aliphatic heterocycles. The van der Waals surface area contributed by atoms with E-state index in [4.69, 9.17) is 5.73 Å². The number of hydrogen-bond donors (Lipinski definition) is 2. The summed E-state index contributed by atoms with van der Waals surface area (Å²) in [4.78, 5) is 11.9. The van der Waals surface area contributed by atoms with E-state index in [-0.39, 0.29) is 11.3 Å². The summed E-state index contributed by atoms with van der Waals surface area (Å²) in [5, 5.41) is 2.09. The highest BCUT2D eigenvalue weighted by molar-refractivity contribution is 7.93. The zero-order chi connectivity index (χ0) is 16.4. The summed E-state index contributed by atoms with van der Waals surface area (Å²) in [5.74, 6) is -3.82. The molecule has 0 saturated carbocycles. The predicted molar refractivity (Wildman–Crippen MR) is 78.5 cm³/mol. The van der Waals surface area contributed by atoms with Crippen LogP contribution in [0.1, 0.15) is 16.8 Å². The summed E-state index contributed by atoms with van der Waals surface area (Å²) in [6.45, 7) is -1.38. The Bertz CT molecular complexity index is 664. The van der Waals surface area contributed by atoms with Gasteiger partial charge in [-0.25, -0.2) is 17.2 Å². The summed E-state index contributed by atoms with van der Waals surface area (Å²) in [6.07, 6.45) is 0.515.